The van der Waals surface area contributed by atoms with Crippen LogP contribution in [-0.4, -0.2) is 15.8 Å². The molecule has 0 radical (unpaired) electrons. The van der Waals surface area contributed by atoms with E-state index in [1.165, 1.54) is 0 Å². The SMILES string of the molecule is O=C(c1ccc(Br)cc1)N1Cc2cccnc2C1. The Bertz CT molecular complexity index is 570. The minimum Gasteiger partial charge on any atom is -0.328 e. The van der Waals surface area contributed by atoms with Crippen molar-refractivity contribution in [1.29, 1.82) is 0 Å². The molecule has 1 aromatic heterocycles. The van der Waals surface area contributed by atoms with Crippen LogP contribution < -0.4 is 0 Å². The summed E-state index contributed by atoms with van der Waals surface area (Å²) in [6.45, 7) is 1.25. The van der Waals surface area contributed by atoms with Crippen LogP contribution >= 0.6 is 15.9 Å². The van der Waals surface area contributed by atoms with Crippen LogP contribution in [0, 0.1) is 0 Å². The summed E-state index contributed by atoms with van der Waals surface area (Å²) in [5, 5.41) is 0. The summed E-state index contributed by atoms with van der Waals surface area (Å²) in [4.78, 5) is 18.4. The largest absolute Gasteiger partial charge is 0.328 e. The molecule has 0 atom stereocenters. The van der Waals surface area contributed by atoms with Gasteiger partial charge in [0.25, 0.3) is 5.91 Å². The fourth-order valence-corrected chi connectivity index (χ4v) is 2.38. The number of halogens is 1. The molecule has 0 aliphatic carbocycles. The van der Waals surface area contributed by atoms with Crippen LogP contribution in [0.1, 0.15) is 21.6 Å². The van der Waals surface area contributed by atoms with Crippen molar-refractivity contribution >= 4 is 21.8 Å². The van der Waals surface area contributed by atoms with E-state index in [1.54, 1.807) is 6.20 Å². The van der Waals surface area contributed by atoms with Crippen LogP contribution in [-0.2, 0) is 13.1 Å². The molecule has 3 nitrogen and oxygen atoms in total. The van der Waals surface area contributed by atoms with E-state index in [1.807, 2.05) is 41.3 Å². The molecule has 3 rings (SSSR count). The van der Waals surface area contributed by atoms with E-state index in [2.05, 4.69) is 20.9 Å². The van der Waals surface area contributed by atoms with Gasteiger partial charge in [-0.3, -0.25) is 9.78 Å². The number of benzene rings is 1. The molecule has 0 N–H and O–H groups in total. The predicted molar refractivity (Wildman–Crippen MR) is 72.0 cm³/mol. The summed E-state index contributed by atoms with van der Waals surface area (Å²) in [5.74, 6) is 0.0560. The quantitative estimate of drug-likeness (QED) is 0.811. The number of aromatic nitrogens is 1. The normalized spacial score (nSPS) is 13.5. The molecule has 2 heterocycles. The van der Waals surface area contributed by atoms with Crippen molar-refractivity contribution in [3.63, 3.8) is 0 Å². The van der Waals surface area contributed by atoms with Crippen molar-refractivity contribution in [2.24, 2.45) is 0 Å². The second-order valence-electron chi connectivity index (χ2n) is 4.28. The van der Waals surface area contributed by atoms with E-state index >= 15 is 0 Å². The number of carbonyl (C=O) groups excluding carboxylic acids is 1. The number of hydrogen-bond acceptors (Lipinski definition) is 2. The smallest absolute Gasteiger partial charge is 0.254 e. The number of pyridine rings is 1. The monoisotopic (exact) mass is 302 g/mol. The van der Waals surface area contributed by atoms with Crippen LogP contribution in [0.3, 0.4) is 0 Å². The highest BCUT2D eigenvalue weighted by atomic mass is 79.9. The molecule has 0 bridgehead atoms. The number of hydrogen-bond donors (Lipinski definition) is 0. The van der Waals surface area contributed by atoms with Gasteiger partial charge >= 0.3 is 0 Å². The Morgan fingerprint density at radius 2 is 1.94 bits per heavy atom. The van der Waals surface area contributed by atoms with Crippen molar-refractivity contribution in [3.8, 4) is 0 Å². The minimum atomic E-state index is 0.0560. The molecule has 0 fully saturated rings. The molecule has 0 spiro atoms. The van der Waals surface area contributed by atoms with E-state index in [0.717, 1.165) is 15.7 Å². The van der Waals surface area contributed by atoms with Gasteiger partial charge in [0.1, 0.15) is 0 Å². The van der Waals surface area contributed by atoms with Crippen LogP contribution in [0.15, 0.2) is 47.1 Å². The van der Waals surface area contributed by atoms with Crippen molar-refractivity contribution < 1.29 is 4.79 Å². The second kappa shape index (κ2) is 4.53. The summed E-state index contributed by atoms with van der Waals surface area (Å²) in [5.41, 5.74) is 2.86. The zero-order valence-electron chi connectivity index (χ0n) is 9.64. The van der Waals surface area contributed by atoms with Gasteiger partial charge in [-0.1, -0.05) is 22.0 Å². The Kier molecular flexibility index (Phi) is 2.88. The third kappa shape index (κ3) is 2.04. The average molecular weight is 303 g/mol. The van der Waals surface area contributed by atoms with Gasteiger partial charge in [0, 0.05) is 22.8 Å². The lowest BCUT2D eigenvalue weighted by Gasteiger charge is -2.15. The van der Waals surface area contributed by atoms with E-state index in [-0.39, 0.29) is 5.91 Å². The van der Waals surface area contributed by atoms with Crippen LogP contribution in [0.4, 0.5) is 0 Å². The molecule has 18 heavy (non-hydrogen) atoms. The first kappa shape index (κ1) is 11.4. The number of carbonyl (C=O) groups is 1. The average Bonchev–Trinajstić information content (AvgIpc) is 2.82. The predicted octanol–water partition coefficient (Wildman–Crippen LogP) is 3.00. The van der Waals surface area contributed by atoms with Crippen LogP contribution in [0.2, 0.25) is 0 Å². The molecule has 4 heteroatoms. The van der Waals surface area contributed by atoms with Crippen molar-refractivity contribution in [3.05, 3.63) is 63.9 Å². The number of rotatable bonds is 1. The molecule has 0 unspecified atom stereocenters. The van der Waals surface area contributed by atoms with Gasteiger partial charge in [-0.05, 0) is 35.9 Å². The number of nitrogens with zero attached hydrogens (tertiary/aromatic N) is 2. The van der Waals surface area contributed by atoms with E-state index in [0.29, 0.717) is 18.7 Å². The zero-order chi connectivity index (χ0) is 12.5. The highest BCUT2D eigenvalue weighted by Gasteiger charge is 2.24. The van der Waals surface area contributed by atoms with Gasteiger partial charge in [-0.15, -0.1) is 0 Å². The summed E-state index contributed by atoms with van der Waals surface area (Å²) >= 11 is 3.37. The molecule has 1 aliphatic heterocycles. The topological polar surface area (TPSA) is 33.2 Å². The van der Waals surface area contributed by atoms with E-state index in [9.17, 15) is 4.79 Å². The summed E-state index contributed by atoms with van der Waals surface area (Å²) in [7, 11) is 0. The molecule has 90 valence electrons. The molecule has 1 aromatic carbocycles. The second-order valence-corrected chi connectivity index (χ2v) is 5.19. The highest BCUT2D eigenvalue weighted by Crippen LogP contribution is 2.22. The van der Waals surface area contributed by atoms with Gasteiger partial charge in [-0.2, -0.15) is 0 Å². The molecular formula is C14H11BrN2O. The fraction of sp³-hybridized carbons (Fsp3) is 0.143. The molecule has 2 aromatic rings. The lowest BCUT2D eigenvalue weighted by Crippen LogP contribution is -2.25. The summed E-state index contributed by atoms with van der Waals surface area (Å²) in [6, 6.07) is 11.4. The van der Waals surface area contributed by atoms with Crippen molar-refractivity contribution in [1.82, 2.24) is 9.88 Å². The molecule has 0 saturated carbocycles. The Balaban J connectivity index is 1.82. The third-order valence-electron chi connectivity index (χ3n) is 3.06. The molecule has 0 saturated heterocycles. The molecule has 1 amide bonds. The number of fused-ring (bicyclic) bond motifs is 1. The zero-order valence-corrected chi connectivity index (χ0v) is 11.2. The van der Waals surface area contributed by atoms with Crippen LogP contribution in [0.25, 0.3) is 0 Å². The van der Waals surface area contributed by atoms with Gasteiger partial charge in [0.15, 0.2) is 0 Å². The first-order valence-corrected chi connectivity index (χ1v) is 6.51. The number of amides is 1. The summed E-state index contributed by atoms with van der Waals surface area (Å²) in [6.07, 6.45) is 1.77. The lowest BCUT2D eigenvalue weighted by molar-refractivity contribution is 0.0750. The van der Waals surface area contributed by atoms with Gasteiger partial charge in [0.05, 0.1) is 12.2 Å². The van der Waals surface area contributed by atoms with Gasteiger partial charge < -0.3 is 4.90 Å². The maximum absolute atomic E-state index is 12.3. The fourth-order valence-electron chi connectivity index (χ4n) is 2.12. The van der Waals surface area contributed by atoms with E-state index < -0.39 is 0 Å². The highest BCUT2D eigenvalue weighted by molar-refractivity contribution is 9.10. The first-order chi connectivity index (χ1) is 8.74. The Morgan fingerprint density at radius 3 is 2.67 bits per heavy atom. The van der Waals surface area contributed by atoms with Crippen molar-refractivity contribution in [2.75, 3.05) is 0 Å². The van der Waals surface area contributed by atoms with Gasteiger partial charge in [-0.25, -0.2) is 0 Å². The van der Waals surface area contributed by atoms with Crippen molar-refractivity contribution in [2.45, 2.75) is 13.1 Å². The Labute approximate surface area is 114 Å². The third-order valence-corrected chi connectivity index (χ3v) is 3.59. The molecule has 1 aliphatic rings. The van der Waals surface area contributed by atoms with E-state index in [4.69, 9.17) is 0 Å². The Morgan fingerprint density at radius 1 is 1.17 bits per heavy atom. The minimum absolute atomic E-state index is 0.0560. The first-order valence-electron chi connectivity index (χ1n) is 5.71. The summed E-state index contributed by atoms with van der Waals surface area (Å²) < 4.78 is 0.977. The van der Waals surface area contributed by atoms with Gasteiger partial charge in [0.2, 0.25) is 0 Å². The lowest BCUT2D eigenvalue weighted by atomic mass is 10.2. The maximum Gasteiger partial charge on any atom is 0.254 e. The standard InChI is InChI=1S/C14H11BrN2O/c15-12-5-3-10(4-6-12)14(18)17-8-11-2-1-7-16-13(11)9-17/h1-7H,8-9H2. The maximum atomic E-state index is 12.3. The van der Waals surface area contributed by atoms with Crippen LogP contribution in [0.5, 0.6) is 0 Å². The molecular weight excluding hydrogens is 292 g/mol. The Hall–Kier alpha value is -1.68.